The highest BCUT2D eigenvalue weighted by Crippen LogP contribution is 2.30. The fourth-order valence-corrected chi connectivity index (χ4v) is 5.02. The first-order chi connectivity index (χ1) is 16.5. The third-order valence-electron chi connectivity index (χ3n) is 6.38. The molecule has 1 fully saturated rings. The topological polar surface area (TPSA) is 77.6 Å². The molecular weight excluding hydrogens is 446 g/mol. The standard InChI is InChI=1S/C26H27N5O2S/c1-17(2)30-8-10-31(11-9-30)24-6-4-20(14-28-24)27-15-23-22-13-18(19-7-12-34-16-19)3-5-21(22)25(32)29-26(23)33/h3-7,12-17,27H,8-11H2,1-2H3,(H,29,32,33)/b23-15-. The number of aromatic nitrogens is 1. The number of carbonyl (C=O) groups excluding carboxylic acids is 2. The van der Waals surface area contributed by atoms with Crippen LogP contribution < -0.4 is 15.5 Å². The lowest BCUT2D eigenvalue weighted by Crippen LogP contribution is -2.49. The highest BCUT2D eigenvalue weighted by atomic mass is 32.1. The van der Waals surface area contributed by atoms with Gasteiger partial charge in [0.1, 0.15) is 5.82 Å². The Labute approximate surface area is 203 Å². The van der Waals surface area contributed by atoms with Crippen molar-refractivity contribution in [1.29, 1.82) is 0 Å². The van der Waals surface area contributed by atoms with E-state index in [1.165, 1.54) is 0 Å². The molecule has 0 unspecified atom stereocenters. The maximum atomic E-state index is 12.7. The van der Waals surface area contributed by atoms with E-state index in [1.54, 1.807) is 29.8 Å². The second kappa shape index (κ2) is 9.40. The lowest BCUT2D eigenvalue weighted by molar-refractivity contribution is -0.114. The van der Waals surface area contributed by atoms with Crippen LogP contribution in [0, 0.1) is 0 Å². The first-order valence-corrected chi connectivity index (χ1v) is 12.4. The van der Waals surface area contributed by atoms with Crippen molar-refractivity contribution in [2.45, 2.75) is 19.9 Å². The fraction of sp³-hybridized carbons (Fsp3) is 0.269. The molecule has 1 aromatic carbocycles. The number of hydrogen-bond acceptors (Lipinski definition) is 7. The molecule has 0 radical (unpaired) electrons. The molecule has 0 aliphatic carbocycles. The van der Waals surface area contributed by atoms with Gasteiger partial charge in [-0.15, -0.1) is 0 Å². The molecular formula is C26H27N5O2S. The van der Waals surface area contributed by atoms with Crippen molar-refractivity contribution in [3.63, 3.8) is 0 Å². The predicted octanol–water partition coefficient (Wildman–Crippen LogP) is 4.06. The summed E-state index contributed by atoms with van der Waals surface area (Å²) in [6.07, 6.45) is 3.42. The van der Waals surface area contributed by atoms with E-state index in [1.807, 2.05) is 41.1 Å². The van der Waals surface area contributed by atoms with E-state index in [2.05, 4.69) is 39.3 Å². The van der Waals surface area contributed by atoms with Crippen molar-refractivity contribution in [3.05, 3.63) is 70.7 Å². The number of imide groups is 1. The van der Waals surface area contributed by atoms with Gasteiger partial charge in [0.25, 0.3) is 11.8 Å². The molecule has 3 aromatic rings. The fourth-order valence-electron chi connectivity index (χ4n) is 4.36. The maximum absolute atomic E-state index is 12.7. The molecule has 0 atom stereocenters. The molecule has 2 amide bonds. The van der Waals surface area contributed by atoms with Gasteiger partial charge in [-0.2, -0.15) is 11.3 Å². The Kier molecular flexibility index (Phi) is 6.17. The lowest BCUT2D eigenvalue weighted by atomic mass is 9.92. The smallest absolute Gasteiger partial charge is 0.260 e. The van der Waals surface area contributed by atoms with Gasteiger partial charge in [-0.25, -0.2) is 4.98 Å². The third-order valence-corrected chi connectivity index (χ3v) is 7.06. The van der Waals surface area contributed by atoms with Crippen LogP contribution in [0.1, 0.15) is 29.8 Å². The minimum atomic E-state index is -0.417. The highest BCUT2D eigenvalue weighted by Gasteiger charge is 2.27. The van der Waals surface area contributed by atoms with Crippen LogP contribution in [0.25, 0.3) is 16.7 Å². The molecule has 0 spiro atoms. The van der Waals surface area contributed by atoms with Crippen LogP contribution in [0.15, 0.2) is 59.6 Å². The Bertz CT molecular complexity index is 1230. The van der Waals surface area contributed by atoms with E-state index in [9.17, 15) is 9.59 Å². The van der Waals surface area contributed by atoms with Crippen LogP contribution in [-0.4, -0.2) is 53.9 Å². The average molecular weight is 474 g/mol. The summed E-state index contributed by atoms with van der Waals surface area (Å²) in [7, 11) is 0. The Balaban J connectivity index is 1.34. The van der Waals surface area contributed by atoms with E-state index in [4.69, 9.17) is 0 Å². The van der Waals surface area contributed by atoms with E-state index in [-0.39, 0.29) is 5.91 Å². The summed E-state index contributed by atoms with van der Waals surface area (Å²) in [5.74, 6) is 0.158. The molecule has 2 aromatic heterocycles. The summed E-state index contributed by atoms with van der Waals surface area (Å²) < 4.78 is 0. The molecule has 2 aliphatic rings. The monoisotopic (exact) mass is 473 g/mol. The minimum absolute atomic E-state index is 0.377. The molecule has 1 saturated heterocycles. The minimum Gasteiger partial charge on any atom is -0.360 e. The number of carbonyl (C=O) groups is 2. The van der Waals surface area contributed by atoms with Gasteiger partial charge in [0.15, 0.2) is 0 Å². The van der Waals surface area contributed by atoms with Gasteiger partial charge in [-0.05, 0) is 66.1 Å². The van der Waals surface area contributed by atoms with Crippen LogP contribution in [0.2, 0.25) is 0 Å². The Morgan fingerprint density at radius 3 is 2.50 bits per heavy atom. The second-order valence-corrected chi connectivity index (χ2v) is 9.56. The first-order valence-electron chi connectivity index (χ1n) is 11.4. The molecule has 34 heavy (non-hydrogen) atoms. The summed E-state index contributed by atoms with van der Waals surface area (Å²) in [6.45, 7) is 8.44. The van der Waals surface area contributed by atoms with Crippen LogP contribution in [0.4, 0.5) is 11.5 Å². The Hall–Kier alpha value is -3.49. The van der Waals surface area contributed by atoms with Gasteiger partial charge in [-0.1, -0.05) is 6.07 Å². The number of pyridine rings is 1. The molecule has 7 nitrogen and oxygen atoms in total. The largest absolute Gasteiger partial charge is 0.360 e. The van der Waals surface area contributed by atoms with Crippen LogP contribution in [0.5, 0.6) is 0 Å². The summed E-state index contributed by atoms with van der Waals surface area (Å²) in [4.78, 5) is 34.4. The summed E-state index contributed by atoms with van der Waals surface area (Å²) >= 11 is 1.61. The molecule has 2 aliphatic heterocycles. The van der Waals surface area contributed by atoms with E-state index in [0.29, 0.717) is 22.7 Å². The molecule has 2 N–H and O–H groups in total. The van der Waals surface area contributed by atoms with Crippen molar-refractivity contribution < 1.29 is 9.59 Å². The lowest BCUT2D eigenvalue weighted by Gasteiger charge is -2.37. The van der Waals surface area contributed by atoms with Crippen molar-refractivity contribution in [3.8, 4) is 11.1 Å². The van der Waals surface area contributed by atoms with Gasteiger partial charge >= 0.3 is 0 Å². The number of rotatable bonds is 5. The molecule has 4 heterocycles. The Morgan fingerprint density at radius 2 is 1.82 bits per heavy atom. The number of thiophene rings is 1. The van der Waals surface area contributed by atoms with Crippen molar-refractivity contribution >= 4 is 40.2 Å². The molecule has 5 rings (SSSR count). The average Bonchev–Trinajstić information content (AvgIpc) is 3.39. The molecule has 0 bridgehead atoms. The SMILES string of the molecule is CC(C)N1CCN(c2ccc(N/C=C3\C(=O)NC(=O)c4ccc(-c5ccsc5)cc43)cn2)CC1. The summed E-state index contributed by atoms with van der Waals surface area (Å²) in [6, 6.07) is 12.1. The number of anilines is 2. The number of nitrogens with one attached hydrogen (secondary N) is 2. The quantitative estimate of drug-likeness (QED) is 0.430. The van der Waals surface area contributed by atoms with Gasteiger partial charge < -0.3 is 10.2 Å². The zero-order valence-electron chi connectivity index (χ0n) is 19.2. The molecule has 8 heteroatoms. The number of hydrogen-bond donors (Lipinski definition) is 2. The maximum Gasteiger partial charge on any atom is 0.260 e. The number of amides is 2. The second-order valence-electron chi connectivity index (χ2n) is 8.78. The van der Waals surface area contributed by atoms with E-state index < -0.39 is 5.91 Å². The van der Waals surface area contributed by atoms with Crippen LogP contribution >= 0.6 is 11.3 Å². The van der Waals surface area contributed by atoms with E-state index in [0.717, 1.165) is 48.8 Å². The molecule has 0 saturated carbocycles. The van der Waals surface area contributed by atoms with Gasteiger partial charge in [-0.3, -0.25) is 19.8 Å². The van der Waals surface area contributed by atoms with E-state index >= 15 is 0 Å². The normalized spacial score (nSPS) is 17.7. The Morgan fingerprint density at radius 1 is 1.00 bits per heavy atom. The van der Waals surface area contributed by atoms with Crippen molar-refractivity contribution in [2.75, 3.05) is 36.4 Å². The highest BCUT2D eigenvalue weighted by molar-refractivity contribution is 7.08. The van der Waals surface area contributed by atoms with Crippen LogP contribution in [0.3, 0.4) is 0 Å². The third kappa shape index (κ3) is 4.47. The molecule has 174 valence electrons. The zero-order valence-corrected chi connectivity index (χ0v) is 20.1. The van der Waals surface area contributed by atoms with Crippen LogP contribution in [-0.2, 0) is 4.79 Å². The van der Waals surface area contributed by atoms with Crippen molar-refractivity contribution in [1.82, 2.24) is 15.2 Å². The zero-order chi connectivity index (χ0) is 23.7. The summed E-state index contributed by atoms with van der Waals surface area (Å²) in [5.41, 5.74) is 4.33. The van der Waals surface area contributed by atoms with Gasteiger partial charge in [0, 0.05) is 49.5 Å². The first kappa shape index (κ1) is 22.3. The number of nitrogens with zero attached hydrogens (tertiary/aromatic N) is 3. The number of piperazine rings is 1. The summed E-state index contributed by atoms with van der Waals surface area (Å²) in [5, 5.41) is 9.67. The predicted molar refractivity (Wildman–Crippen MR) is 137 cm³/mol. The van der Waals surface area contributed by atoms with Gasteiger partial charge in [0.05, 0.1) is 17.5 Å². The number of fused-ring (bicyclic) bond motifs is 1. The van der Waals surface area contributed by atoms with Gasteiger partial charge in [0.2, 0.25) is 0 Å². The van der Waals surface area contributed by atoms with Crippen molar-refractivity contribution in [2.24, 2.45) is 0 Å². The number of benzene rings is 1.